The van der Waals surface area contributed by atoms with Crippen LogP contribution in [0.25, 0.3) is 0 Å². The molecule has 1 aromatic carbocycles. The number of rotatable bonds is 5. The number of benzene rings is 1. The highest BCUT2D eigenvalue weighted by molar-refractivity contribution is 7.91. The smallest absolute Gasteiger partial charge is 0.321 e. The highest BCUT2D eigenvalue weighted by Gasteiger charge is 2.16. The van der Waals surface area contributed by atoms with Crippen LogP contribution in [0.2, 0.25) is 0 Å². The van der Waals surface area contributed by atoms with Crippen LogP contribution in [0.4, 0.5) is 9.93 Å². The first-order valence-electron chi connectivity index (χ1n) is 7.91. The fourth-order valence-corrected chi connectivity index (χ4v) is 4.21. The van der Waals surface area contributed by atoms with Gasteiger partial charge in [0, 0.05) is 13.0 Å². The van der Waals surface area contributed by atoms with Gasteiger partial charge in [-0.2, -0.15) is 0 Å². The topological polar surface area (TPSA) is 97.4 Å². The Morgan fingerprint density at radius 2 is 2.08 bits per heavy atom. The number of aromatic nitrogens is 1. The van der Waals surface area contributed by atoms with Crippen molar-refractivity contribution < 1.29 is 17.9 Å². The molecule has 3 rings (SSSR count). The Balaban J connectivity index is 1.54. The lowest BCUT2D eigenvalue weighted by Gasteiger charge is -2.08. The second kappa shape index (κ2) is 7.51. The number of urea groups is 1. The zero-order valence-electron chi connectivity index (χ0n) is 13.7. The van der Waals surface area contributed by atoms with Gasteiger partial charge in [0.1, 0.15) is 0 Å². The number of amides is 2. The van der Waals surface area contributed by atoms with E-state index in [1.165, 1.54) is 11.3 Å². The average molecular weight is 381 g/mol. The lowest BCUT2D eigenvalue weighted by Crippen LogP contribution is -2.28. The van der Waals surface area contributed by atoms with Crippen molar-refractivity contribution in [2.75, 3.05) is 17.7 Å². The third-order valence-electron chi connectivity index (χ3n) is 3.83. The van der Waals surface area contributed by atoms with E-state index < -0.39 is 9.84 Å². The van der Waals surface area contributed by atoms with Crippen LogP contribution in [0.5, 0.6) is 0 Å². The summed E-state index contributed by atoms with van der Waals surface area (Å²) in [6.45, 7) is 3.11. The lowest BCUT2D eigenvalue weighted by atomic mass is 10.2. The SMILES string of the molecule is CCS(=O)(=O)c1ccc(CNC(=O)Nc2nc3c(s2)COCC3)cc1. The summed E-state index contributed by atoms with van der Waals surface area (Å²) in [6, 6.07) is 6.16. The van der Waals surface area contributed by atoms with Gasteiger partial charge in [-0.3, -0.25) is 5.32 Å². The normalized spacial score (nSPS) is 14.0. The molecule has 0 atom stereocenters. The molecule has 0 fully saturated rings. The van der Waals surface area contributed by atoms with Gasteiger partial charge >= 0.3 is 6.03 Å². The number of nitrogens with one attached hydrogen (secondary N) is 2. The van der Waals surface area contributed by atoms with Crippen molar-refractivity contribution in [2.45, 2.75) is 31.4 Å². The van der Waals surface area contributed by atoms with Crippen LogP contribution in [0.3, 0.4) is 0 Å². The predicted molar refractivity (Wildman–Crippen MR) is 95.5 cm³/mol. The van der Waals surface area contributed by atoms with Gasteiger partial charge in [-0.05, 0) is 17.7 Å². The van der Waals surface area contributed by atoms with Gasteiger partial charge in [-0.25, -0.2) is 18.2 Å². The fraction of sp³-hybridized carbons (Fsp3) is 0.375. The highest BCUT2D eigenvalue weighted by Crippen LogP contribution is 2.26. The summed E-state index contributed by atoms with van der Waals surface area (Å²) >= 11 is 1.42. The van der Waals surface area contributed by atoms with Gasteiger partial charge in [-0.15, -0.1) is 0 Å². The van der Waals surface area contributed by atoms with Gasteiger partial charge in [0.25, 0.3) is 0 Å². The van der Waals surface area contributed by atoms with E-state index in [4.69, 9.17) is 4.74 Å². The maximum absolute atomic E-state index is 12.0. The molecule has 134 valence electrons. The van der Waals surface area contributed by atoms with Crippen LogP contribution in [0.1, 0.15) is 23.1 Å². The minimum absolute atomic E-state index is 0.0653. The molecule has 2 heterocycles. The maximum atomic E-state index is 12.0. The van der Waals surface area contributed by atoms with Gasteiger partial charge in [-0.1, -0.05) is 30.4 Å². The Hall–Kier alpha value is -1.97. The molecule has 1 aromatic heterocycles. The summed E-state index contributed by atoms with van der Waals surface area (Å²) in [6.07, 6.45) is 0.766. The summed E-state index contributed by atoms with van der Waals surface area (Å²) in [7, 11) is -3.21. The van der Waals surface area contributed by atoms with Crippen molar-refractivity contribution in [1.82, 2.24) is 10.3 Å². The third-order valence-corrected chi connectivity index (χ3v) is 6.57. The van der Waals surface area contributed by atoms with E-state index in [2.05, 4.69) is 15.6 Å². The first-order valence-corrected chi connectivity index (χ1v) is 10.4. The second-order valence-electron chi connectivity index (χ2n) is 5.55. The Morgan fingerprint density at radius 1 is 1.32 bits per heavy atom. The molecule has 0 saturated carbocycles. The molecule has 0 aliphatic carbocycles. The molecule has 0 radical (unpaired) electrons. The third kappa shape index (κ3) is 4.36. The summed E-state index contributed by atoms with van der Waals surface area (Å²) in [5, 5.41) is 6.01. The maximum Gasteiger partial charge on any atom is 0.321 e. The molecule has 0 unspecified atom stereocenters. The number of hydrogen-bond donors (Lipinski definition) is 2. The zero-order chi connectivity index (χ0) is 17.9. The number of fused-ring (bicyclic) bond motifs is 1. The van der Waals surface area contributed by atoms with Gasteiger partial charge in [0.2, 0.25) is 0 Å². The molecule has 1 aliphatic heterocycles. The largest absolute Gasteiger partial charge is 0.375 e. The van der Waals surface area contributed by atoms with E-state index in [-0.39, 0.29) is 11.8 Å². The number of ether oxygens (including phenoxy) is 1. The first kappa shape index (κ1) is 17.8. The second-order valence-corrected chi connectivity index (χ2v) is 8.91. The van der Waals surface area contributed by atoms with Crippen LogP contribution in [-0.2, 0) is 34.1 Å². The Kier molecular flexibility index (Phi) is 5.36. The van der Waals surface area contributed by atoms with Crippen molar-refractivity contribution in [3.63, 3.8) is 0 Å². The van der Waals surface area contributed by atoms with Crippen molar-refractivity contribution in [2.24, 2.45) is 0 Å². The molecule has 7 nitrogen and oxygen atoms in total. The number of carbonyl (C=O) groups is 1. The van der Waals surface area contributed by atoms with Crippen LogP contribution in [0, 0.1) is 0 Å². The molecule has 0 saturated heterocycles. The van der Waals surface area contributed by atoms with Crippen molar-refractivity contribution >= 4 is 32.3 Å². The molecule has 2 amide bonds. The molecule has 0 bridgehead atoms. The van der Waals surface area contributed by atoms with Gasteiger partial charge < -0.3 is 10.1 Å². The van der Waals surface area contributed by atoms with Crippen molar-refractivity contribution in [1.29, 1.82) is 0 Å². The van der Waals surface area contributed by atoms with Gasteiger partial charge in [0.15, 0.2) is 15.0 Å². The van der Waals surface area contributed by atoms with E-state index in [0.29, 0.717) is 29.8 Å². The van der Waals surface area contributed by atoms with E-state index in [0.717, 1.165) is 22.6 Å². The van der Waals surface area contributed by atoms with Gasteiger partial charge in [0.05, 0.1) is 34.4 Å². The number of nitrogens with zero attached hydrogens (tertiary/aromatic N) is 1. The molecule has 0 spiro atoms. The Bertz CT molecular complexity index is 837. The summed E-state index contributed by atoms with van der Waals surface area (Å²) in [5.41, 5.74) is 1.80. The monoisotopic (exact) mass is 381 g/mol. The van der Waals surface area contributed by atoms with E-state index >= 15 is 0 Å². The van der Waals surface area contributed by atoms with Crippen molar-refractivity contribution in [3.8, 4) is 0 Å². The van der Waals surface area contributed by atoms with Crippen LogP contribution < -0.4 is 10.6 Å². The molecular weight excluding hydrogens is 362 g/mol. The molecule has 25 heavy (non-hydrogen) atoms. The number of carbonyl (C=O) groups excluding carboxylic acids is 1. The molecule has 2 N–H and O–H groups in total. The summed E-state index contributed by atoms with van der Waals surface area (Å²) in [5.74, 6) is 0.0653. The first-order chi connectivity index (χ1) is 12.0. The van der Waals surface area contributed by atoms with E-state index in [1.807, 2.05) is 0 Å². The lowest BCUT2D eigenvalue weighted by molar-refractivity contribution is 0.112. The Morgan fingerprint density at radius 3 is 2.76 bits per heavy atom. The minimum atomic E-state index is -3.21. The molecular formula is C16H19N3O4S2. The molecule has 1 aliphatic rings. The van der Waals surface area contributed by atoms with E-state index in [9.17, 15) is 13.2 Å². The fourth-order valence-electron chi connectivity index (χ4n) is 2.38. The number of sulfone groups is 1. The van der Waals surface area contributed by atoms with E-state index in [1.54, 1.807) is 31.2 Å². The molecule has 2 aromatic rings. The standard InChI is InChI=1S/C16H19N3O4S2/c1-2-25(21,22)12-5-3-11(4-6-12)9-17-15(20)19-16-18-13-7-8-23-10-14(13)24-16/h3-6H,2,7-10H2,1H3,(H2,17,18,19,20). The number of thiazole rings is 1. The number of hydrogen-bond acceptors (Lipinski definition) is 6. The number of anilines is 1. The van der Waals surface area contributed by atoms with Crippen LogP contribution >= 0.6 is 11.3 Å². The highest BCUT2D eigenvalue weighted by atomic mass is 32.2. The quantitative estimate of drug-likeness (QED) is 0.828. The predicted octanol–water partition coefficient (Wildman–Crippen LogP) is 2.33. The minimum Gasteiger partial charge on any atom is -0.375 e. The summed E-state index contributed by atoms with van der Waals surface area (Å²) < 4.78 is 28.9. The van der Waals surface area contributed by atoms with Crippen LogP contribution in [-0.4, -0.2) is 31.8 Å². The molecule has 9 heteroatoms. The zero-order valence-corrected chi connectivity index (χ0v) is 15.4. The van der Waals surface area contributed by atoms with Crippen molar-refractivity contribution in [3.05, 3.63) is 40.4 Å². The Labute approximate surface area is 150 Å². The summed E-state index contributed by atoms with van der Waals surface area (Å²) in [4.78, 5) is 17.7. The van der Waals surface area contributed by atoms with Crippen LogP contribution in [0.15, 0.2) is 29.2 Å². The average Bonchev–Trinajstić information content (AvgIpc) is 3.02.